The van der Waals surface area contributed by atoms with Gasteiger partial charge in [-0.3, -0.25) is 14.6 Å². The summed E-state index contributed by atoms with van der Waals surface area (Å²) >= 11 is 0. The number of carbonyl (C=O) groups excluding carboxylic acids is 2. The predicted molar refractivity (Wildman–Crippen MR) is 60.8 cm³/mol. The van der Waals surface area contributed by atoms with Crippen LogP contribution < -0.4 is 0 Å². The highest BCUT2D eigenvalue weighted by Crippen LogP contribution is 2.17. The number of ketones is 1. The van der Waals surface area contributed by atoms with Crippen molar-refractivity contribution in [3.05, 3.63) is 0 Å². The van der Waals surface area contributed by atoms with Crippen LogP contribution in [0.5, 0.6) is 0 Å². The van der Waals surface area contributed by atoms with E-state index in [1.807, 2.05) is 0 Å². The Kier molecular flexibility index (Phi) is 7.97. The lowest BCUT2D eigenvalue weighted by molar-refractivity contribution is -0.169. The van der Waals surface area contributed by atoms with Crippen molar-refractivity contribution in [3.63, 3.8) is 0 Å². The van der Waals surface area contributed by atoms with E-state index in [1.54, 1.807) is 13.8 Å². The van der Waals surface area contributed by atoms with Crippen molar-refractivity contribution in [1.29, 1.82) is 0 Å². The summed E-state index contributed by atoms with van der Waals surface area (Å²) in [4.78, 5) is 25.4. The van der Waals surface area contributed by atoms with Crippen LogP contribution in [-0.4, -0.2) is 43.6 Å². The van der Waals surface area contributed by atoms with Gasteiger partial charge < -0.3 is 9.47 Å². The van der Waals surface area contributed by atoms with Crippen molar-refractivity contribution in [3.8, 4) is 0 Å². The molecular weight excluding hydrogens is 267 g/mol. The van der Waals surface area contributed by atoms with Gasteiger partial charge in [0.25, 0.3) is 0 Å². The van der Waals surface area contributed by atoms with E-state index >= 15 is 0 Å². The van der Waals surface area contributed by atoms with Crippen molar-refractivity contribution in [2.75, 3.05) is 13.2 Å². The lowest BCUT2D eigenvalue weighted by atomic mass is 10.3. The summed E-state index contributed by atoms with van der Waals surface area (Å²) in [5.41, 5.74) is 0. The molecule has 0 aromatic rings. The van der Waals surface area contributed by atoms with Crippen molar-refractivity contribution >= 4 is 18.0 Å². The number of nitrogens with zero attached hydrogens (tertiary/aromatic N) is 1. The van der Waals surface area contributed by atoms with Gasteiger partial charge in [0.05, 0.1) is 19.4 Å². The van der Waals surface area contributed by atoms with Gasteiger partial charge in [0.1, 0.15) is 0 Å². The highest BCUT2D eigenvalue weighted by atomic mass is 19.4. The molecule has 0 aliphatic rings. The van der Waals surface area contributed by atoms with Crippen LogP contribution in [-0.2, 0) is 19.1 Å². The maximum Gasteiger partial charge on any atom is 0.450 e. The molecular formula is C11H16F3NO4. The number of hydrogen-bond donors (Lipinski definition) is 0. The second kappa shape index (κ2) is 8.63. The fraction of sp³-hybridized carbons (Fsp3) is 0.727. The minimum Gasteiger partial charge on any atom is -0.466 e. The fourth-order valence-electron chi connectivity index (χ4n) is 1.08. The molecule has 0 amide bonds. The van der Waals surface area contributed by atoms with E-state index in [0.717, 1.165) is 6.21 Å². The number of ether oxygens (including phenoxy) is 2. The molecule has 1 atom stereocenters. The second-order valence-electron chi connectivity index (χ2n) is 3.38. The smallest absolute Gasteiger partial charge is 0.450 e. The number of halogens is 3. The third-order valence-corrected chi connectivity index (χ3v) is 1.87. The molecule has 1 unspecified atom stereocenters. The normalized spacial score (nSPS) is 13.5. The summed E-state index contributed by atoms with van der Waals surface area (Å²) in [7, 11) is 0. The summed E-state index contributed by atoms with van der Waals surface area (Å²) in [6.45, 7) is 3.69. The van der Waals surface area contributed by atoms with Gasteiger partial charge in [-0.25, -0.2) is 0 Å². The number of Topliss-reactive ketones (excluding diaryl/α,β-unsaturated/α-hetero) is 1. The van der Waals surface area contributed by atoms with Gasteiger partial charge in [-0.1, -0.05) is 0 Å². The number of esters is 1. The van der Waals surface area contributed by atoms with E-state index in [1.165, 1.54) is 0 Å². The lowest BCUT2D eigenvalue weighted by Gasteiger charge is -2.11. The molecule has 0 bridgehead atoms. The van der Waals surface area contributed by atoms with E-state index in [2.05, 4.69) is 9.73 Å². The maximum atomic E-state index is 11.9. The quantitative estimate of drug-likeness (QED) is 0.504. The molecule has 0 fully saturated rings. The van der Waals surface area contributed by atoms with Gasteiger partial charge in [0, 0.05) is 12.8 Å². The Hall–Kier alpha value is -1.44. The maximum absolute atomic E-state index is 11.9. The Morgan fingerprint density at radius 3 is 2.37 bits per heavy atom. The van der Waals surface area contributed by atoms with Gasteiger partial charge in [-0.15, -0.1) is 0 Å². The molecule has 0 aliphatic heterocycles. The Bertz CT molecular complexity index is 328. The average Bonchev–Trinajstić information content (AvgIpc) is 2.28. The molecule has 0 radical (unpaired) electrons. The topological polar surface area (TPSA) is 65.0 Å². The molecule has 5 nitrogen and oxygen atoms in total. The van der Waals surface area contributed by atoms with Crippen LogP contribution >= 0.6 is 0 Å². The largest absolute Gasteiger partial charge is 0.466 e. The van der Waals surface area contributed by atoms with Crippen molar-refractivity contribution in [2.45, 2.75) is 39.1 Å². The van der Waals surface area contributed by atoms with Crippen molar-refractivity contribution < 1.29 is 32.2 Å². The van der Waals surface area contributed by atoms with Gasteiger partial charge >= 0.3 is 12.1 Å². The van der Waals surface area contributed by atoms with E-state index in [9.17, 15) is 22.8 Å². The number of rotatable bonds is 8. The van der Waals surface area contributed by atoms with Crippen LogP contribution in [0.25, 0.3) is 0 Å². The standard InChI is InChI=1S/C11H16F3NO4/c1-3-18-9(7-10(17)19-4-2)15-6-5-8(16)11(12,13)14/h6,9H,3-5,7H2,1-2H3. The predicted octanol–water partition coefficient (Wildman–Crippen LogP) is 1.89. The van der Waals surface area contributed by atoms with Gasteiger partial charge in [-0.05, 0) is 13.8 Å². The van der Waals surface area contributed by atoms with E-state index in [4.69, 9.17) is 4.74 Å². The van der Waals surface area contributed by atoms with E-state index < -0.39 is 30.6 Å². The molecule has 0 N–H and O–H groups in total. The molecule has 0 aromatic carbocycles. The van der Waals surface area contributed by atoms with Gasteiger partial charge in [0.2, 0.25) is 5.78 Å². The molecule has 19 heavy (non-hydrogen) atoms. The highest BCUT2D eigenvalue weighted by Gasteiger charge is 2.37. The second-order valence-corrected chi connectivity index (χ2v) is 3.38. The first-order valence-electron chi connectivity index (χ1n) is 5.70. The zero-order valence-corrected chi connectivity index (χ0v) is 10.7. The molecule has 0 aliphatic carbocycles. The van der Waals surface area contributed by atoms with E-state index in [-0.39, 0.29) is 19.6 Å². The zero-order chi connectivity index (χ0) is 14.9. The Morgan fingerprint density at radius 1 is 1.26 bits per heavy atom. The summed E-state index contributed by atoms with van der Waals surface area (Å²) in [6, 6.07) is 0. The first kappa shape index (κ1) is 17.6. The number of hydrogen-bond acceptors (Lipinski definition) is 5. The molecule has 0 saturated carbocycles. The average molecular weight is 283 g/mol. The summed E-state index contributed by atoms with van der Waals surface area (Å²) in [6.07, 6.45) is -6.11. The number of alkyl halides is 3. The Labute approximate surface area is 108 Å². The zero-order valence-electron chi connectivity index (χ0n) is 10.7. The number of aliphatic imine (C=N–C) groups is 1. The van der Waals surface area contributed by atoms with Crippen LogP contribution in [0, 0.1) is 0 Å². The fourth-order valence-corrected chi connectivity index (χ4v) is 1.08. The van der Waals surface area contributed by atoms with Crippen molar-refractivity contribution in [1.82, 2.24) is 0 Å². The molecule has 0 heterocycles. The third kappa shape index (κ3) is 8.30. The summed E-state index contributed by atoms with van der Waals surface area (Å²) in [5, 5.41) is 0. The van der Waals surface area contributed by atoms with Gasteiger partial charge in [0.15, 0.2) is 6.23 Å². The minimum atomic E-state index is -4.88. The van der Waals surface area contributed by atoms with Crippen LogP contribution in [0.15, 0.2) is 4.99 Å². The van der Waals surface area contributed by atoms with Crippen LogP contribution in [0.3, 0.4) is 0 Å². The van der Waals surface area contributed by atoms with Crippen LogP contribution in [0.4, 0.5) is 13.2 Å². The Morgan fingerprint density at radius 2 is 1.89 bits per heavy atom. The lowest BCUT2D eigenvalue weighted by Crippen LogP contribution is -2.23. The first-order chi connectivity index (χ1) is 8.81. The van der Waals surface area contributed by atoms with Crippen LogP contribution in [0.1, 0.15) is 26.7 Å². The number of carbonyl (C=O) groups is 2. The molecule has 110 valence electrons. The third-order valence-electron chi connectivity index (χ3n) is 1.87. The summed E-state index contributed by atoms with van der Waals surface area (Å²) < 4.78 is 45.4. The van der Waals surface area contributed by atoms with Crippen molar-refractivity contribution in [2.24, 2.45) is 4.99 Å². The molecule has 8 heteroatoms. The van der Waals surface area contributed by atoms with E-state index in [0.29, 0.717) is 0 Å². The molecule has 0 saturated heterocycles. The van der Waals surface area contributed by atoms with Gasteiger partial charge in [-0.2, -0.15) is 13.2 Å². The SMILES string of the molecule is CCOC(=O)CC(N=CCC(=O)C(F)(F)F)OCC. The molecule has 0 spiro atoms. The minimum absolute atomic E-state index is 0.188. The summed E-state index contributed by atoms with van der Waals surface area (Å²) in [5.74, 6) is -2.47. The molecule has 0 aromatic heterocycles. The van der Waals surface area contributed by atoms with Crippen LogP contribution in [0.2, 0.25) is 0 Å². The molecule has 0 rings (SSSR count). The first-order valence-corrected chi connectivity index (χ1v) is 5.70. The monoisotopic (exact) mass is 283 g/mol. The Balaban J connectivity index is 4.34. The highest BCUT2D eigenvalue weighted by molar-refractivity contribution is 5.95.